The Morgan fingerprint density at radius 3 is 1.85 bits per heavy atom. The van der Waals surface area contributed by atoms with Crippen molar-refractivity contribution in [1.82, 2.24) is 0 Å². The molecule has 0 amide bonds. The molecule has 0 atom stereocenters. The Bertz CT molecular complexity index is 2050. The molecular formula is C39H29NS. The van der Waals surface area contributed by atoms with Gasteiger partial charge >= 0.3 is 0 Å². The van der Waals surface area contributed by atoms with Crippen molar-refractivity contribution in [3.8, 4) is 22.3 Å². The molecule has 7 aromatic rings. The third-order valence-corrected chi connectivity index (χ3v) is 9.80. The first kappa shape index (κ1) is 24.2. The lowest BCUT2D eigenvalue weighted by atomic mass is 9.82. The zero-order valence-corrected chi connectivity index (χ0v) is 24.0. The van der Waals surface area contributed by atoms with E-state index in [4.69, 9.17) is 0 Å². The summed E-state index contributed by atoms with van der Waals surface area (Å²) in [5.41, 5.74) is 11.3. The van der Waals surface area contributed by atoms with Gasteiger partial charge in [0, 0.05) is 42.6 Å². The molecule has 0 saturated carbocycles. The molecule has 1 heterocycles. The largest absolute Gasteiger partial charge is 0.310 e. The number of rotatable bonds is 4. The fourth-order valence-electron chi connectivity index (χ4n) is 6.54. The highest BCUT2D eigenvalue weighted by Crippen LogP contribution is 2.53. The summed E-state index contributed by atoms with van der Waals surface area (Å²) in [5.74, 6) is 0. The van der Waals surface area contributed by atoms with Crippen LogP contribution in [-0.4, -0.2) is 0 Å². The summed E-state index contributed by atoms with van der Waals surface area (Å²) in [6.07, 6.45) is 0. The normalized spacial score (nSPS) is 13.3. The van der Waals surface area contributed by atoms with Crippen molar-refractivity contribution in [2.45, 2.75) is 19.3 Å². The van der Waals surface area contributed by atoms with E-state index in [1.54, 1.807) is 0 Å². The van der Waals surface area contributed by atoms with Gasteiger partial charge in [-0.3, -0.25) is 0 Å². The minimum atomic E-state index is -0.0998. The van der Waals surface area contributed by atoms with Crippen LogP contribution >= 0.6 is 11.3 Å². The molecule has 0 saturated heterocycles. The van der Waals surface area contributed by atoms with E-state index in [1.165, 1.54) is 59.2 Å². The van der Waals surface area contributed by atoms with Crippen molar-refractivity contribution in [1.29, 1.82) is 0 Å². The SMILES string of the molecule is CC1(C)c2cc(N(c3ccccc3)c3ccc(-c4ccccc4)cc3)ccc2-c2cc3sc4ccccc4c3cc21. The molecule has 0 radical (unpaired) electrons. The standard InChI is InChI=1S/C39H29NS/c1-39(2)35-23-30(21-22-31(35)33-25-38-34(24-36(33)39)32-15-9-10-16-37(32)41-38)40(28-13-7-4-8-14-28)29-19-17-27(18-20-29)26-11-5-3-6-12-26/h3-25H,1-2H3. The van der Waals surface area contributed by atoms with Gasteiger partial charge in [0.2, 0.25) is 0 Å². The predicted octanol–water partition coefficient (Wildman–Crippen LogP) is 11.5. The topological polar surface area (TPSA) is 3.24 Å². The van der Waals surface area contributed by atoms with Gasteiger partial charge in [-0.25, -0.2) is 0 Å². The molecule has 1 aromatic heterocycles. The number of fused-ring (bicyclic) bond motifs is 6. The molecular weight excluding hydrogens is 515 g/mol. The number of benzene rings is 6. The van der Waals surface area contributed by atoms with Crippen LogP contribution in [0.3, 0.4) is 0 Å². The van der Waals surface area contributed by atoms with Crippen LogP contribution in [0.1, 0.15) is 25.0 Å². The van der Waals surface area contributed by atoms with Crippen molar-refractivity contribution >= 4 is 48.6 Å². The number of hydrogen-bond acceptors (Lipinski definition) is 2. The first-order valence-electron chi connectivity index (χ1n) is 14.2. The van der Waals surface area contributed by atoms with E-state index in [9.17, 15) is 0 Å². The zero-order valence-electron chi connectivity index (χ0n) is 23.1. The van der Waals surface area contributed by atoms with Crippen LogP contribution in [-0.2, 0) is 5.41 Å². The second-order valence-electron chi connectivity index (χ2n) is 11.4. The number of hydrogen-bond donors (Lipinski definition) is 0. The second-order valence-corrected chi connectivity index (χ2v) is 12.5. The molecule has 0 N–H and O–H groups in total. The maximum absolute atomic E-state index is 2.46. The molecule has 2 heteroatoms. The molecule has 0 spiro atoms. The lowest BCUT2D eigenvalue weighted by Gasteiger charge is -2.28. The maximum Gasteiger partial charge on any atom is 0.0465 e. The van der Waals surface area contributed by atoms with Crippen LogP contribution in [0.5, 0.6) is 0 Å². The van der Waals surface area contributed by atoms with Gasteiger partial charge in [0.1, 0.15) is 0 Å². The Balaban J connectivity index is 1.26. The predicted molar refractivity (Wildman–Crippen MR) is 177 cm³/mol. The third kappa shape index (κ3) is 3.83. The summed E-state index contributed by atoms with van der Waals surface area (Å²) < 4.78 is 2.72. The lowest BCUT2D eigenvalue weighted by Crippen LogP contribution is -2.16. The van der Waals surface area contributed by atoms with E-state index in [-0.39, 0.29) is 5.41 Å². The first-order valence-corrected chi connectivity index (χ1v) is 15.0. The van der Waals surface area contributed by atoms with Gasteiger partial charge in [-0.1, -0.05) is 98.8 Å². The van der Waals surface area contributed by atoms with Gasteiger partial charge < -0.3 is 4.90 Å². The van der Waals surface area contributed by atoms with Crippen molar-refractivity contribution in [3.63, 3.8) is 0 Å². The first-order chi connectivity index (χ1) is 20.1. The smallest absolute Gasteiger partial charge is 0.0465 e. The highest BCUT2D eigenvalue weighted by atomic mass is 32.1. The lowest BCUT2D eigenvalue weighted by molar-refractivity contribution is 0.661. The Hall–Kier alpha value is -4.66. The van der Waals surface area contributed by atoms with Crippen LogP contribution in [0.4, 0.5) is 17.1 Å². The van der Waals surface area contributed by atoms with Crippen LogP contribution in [0.25, 0.3) is 42.4 Å². The van der Waals surface area contributed by atoms with E-state index < -0.39 is 0 Å². The quantitative estimate of drug-likeness (QED) is 0.213. The summed E-state index contributed by atoms with van der Waals surface area (Å²) in [7, 11) is 0. The van der Waals surface area contributed by atoms with E-state index in [2.05, 4.69) is 158 Å². The molecule has 0 aliphatic heterocycles. The summed E-state index contributed by atoms with van der Waals surface area (Å²) in [5, 5.41) is 2.73. The number of thiophene rings is 1. The fourth-order valence-corrected chi connectivity index (χ4v) is 7.66. The van der Waals surface area contributed by atoms with Crippen molar-refractivity contribution in [2.24, 2.45) is 0 Å². The van der Waals surface area contributed by atoms with Crippen molar-refractivity contribution < 1.29 is 0 Å². The number of para-hydroxylation sites is 1. The van der Waals surface area contributed by atoms with Gasteiger partial charge in [-0.2, -0.15) is 0 Å². The average Bonchev–Trinajstić information content (AvgIpc) is 3.49. The molecule has 0 bridgehead atoms. The van der Waals surface area contributed by atoms with Crippen LogP contribution in [0.2, 0.25) is 0 Å². The van der Waals surface area contributed by atoms with Gasteiger partial charge in [0.05, 0.1) is 0 Å². The van der Waals surface area contributed by atoms with Gasteiger partial charge in [0.25, 0.3) is 0 Å². The summed E-state index contributed by atoms with van der Waals surface area (Å²) >= 11 is 1.90. The van der Waals surface area contributed by atoms with Crippen LogP contribution in [0, 0.1) is 0 Å². The Morgan fingerprint density at radius 1 is 0.463 bits per heavy atom. The van der Waals surface area contributed by atoms with E-state index in [0.29, 0.717) is 0 Å². The highest BCUT2D eigenvalue weighted by molar-refractivity contribution is 7.25. The summed E-state index contributed by atoms with van der Waals surface area (Å²) in [4.78, 5) is 2.38. The molecule has 0 fully saturated rings. The van der Waals surface area contributed by atoms with Crippen LogP contribution < -0.4 is 4.90 Å². The summed E-state index contributed by atoms with van der Waals surface area (Å²) in [6, 6.07) is 50.9. The van der Waals surface area contributed by atoms with Crippen molar-refractivity contribution in [2.75, 3.05) is 4.90 Å². The number of anilines is 3. The summed E-state index contributed by atoms with van der Waals surface area (Å²) in [6.45, 7) is 4.76. The Labute approximate surface area is 245 Å². The maximum atomic E-state index is 2.46. The second kappa shape index (κ2) is 9.19. The third-order valence-electron chi connectivity index (χ3n) is 8.66. The molecule has 196 valence electrons. The van der Waals surface area contributed by atoms with Gasteiger partial charge in [-0.15, -0.1) is 11.3 Å². The van der Waals surface area contributed by atoms with E-state index in [1.807, 2.05) is 11.3 Å². The Morgan fingerprint density at radius 2 is 1.07 bits per heavy atom. The van der Waals surface area contributed by atoms with E-state index >= 15 is 0 Å². The minimum absolute atomic E-state index is 0.0998. The zero-order chi connectivity index (χ0) is 27.6. The average molecular weight is 544 g/mol. The number of nitrogens with zero attached hydrogens (tertiary/aromatic N) is 1. The molecule has 1 aliphatic carbocycles. The minimum Gasteiger partial charge on any atom is -0.310 e. The monoisotopic (exact) mass is 543 g/mol. The van der Waals surface area contributed by atoms with Gasteiger partial charge in [0.15, 0.2) is 0 Å². The molecule has 8 rings (SSSR count). The molecule has 41 heavy (non-hydrogen) atoms. The molecule has 0 unspecified atom stereocenters. The van der Waals surface area contributed by atoms with Crippen LogP contribution in [0.15, 0.2) is 140 Å². The molecule has 6 aromatic carbocycles. The Kier molecular flexibility index (Phi) is 5.42. The molecule has 1 aliphatic rings. The van der Waals surface area contributed by atoms with E-state index in [0.717, 1.165) is 11.4 Å². The molecule has 1 nitrogen and oxygen atoms in total. The van der Waals surface area contributed by atoms with Crippen molar-refractivity contribution in [3.05, 3.63) is 151 Å². The van der Waals surface area contributed by atoms with Gasteiger partial charge in [-0.05, 0) is 88.0 Å². The fraction of sp³-hybridized carbons (Fsp3) is 0.0769. The highest BCUT2D eigenvalue weighted by Gasteiger charge is 2.36.